The number of amides is 2. The van der Waals surface area contributed by atoms with Crippen molar-refractivity contribution in [3.8, 4) is 0 Å². The van der Waals surface area contributed by atoms with Crippen molar-refractivity contribution in [3.05, 3.63) is 29.6 Å². The maximum absolute atomic E-state index is 12.0. The molecule has 0 saturated carbocycles. The number of pyridine rings is 1. The Morgan fingerprint density at radius 1 is 1.40 bits per heavy atom. The fourth-order valence-corrected chi connectivity index (χ4v) is 1.94. The van der Waals surface area contributed by atoms with Crippen LogP contribution in [-0.4, -0.2) is 53.3 Å². The van der Waals surface area contributed by atoms with Crippen LogP contribution in [0.4, 0.5) is 4.79 Å². The lowest BCUT2D eigenvalue weighted by atomic mass is 10.2. The normalized spacial score (nSPS) is 15.5. The summed E-state index contributed by atoms with van der Waals surface area (Å²) in [6.45, 7) is 2.65. The second-order valence-electron chi connectivity index (χ2n) is 4.45. The van der Waals surface area contributed by atoms with Gasteiger partial charge in [0.1, 0.15) is 0 Å². The van der Waals surface area contributed by atoms with E-state index in [0.29, 0.717) is 32.0 Å². The van der Waals surface area contributed by atoms with Crippen molar-refractivity contribution >= 4 is 12.0 Å². The number of carbonyl (C=O) groups is 2. The first kappa shape index (κ1) is 14.3. The van der Waals surface area contributed by atoms with Gasteiger partial charge < -0.3 is 20.1 Å². The highest BCUT2D eigenvalue weighted by atomic mass is 16.5. The zero-order valence-corrected chi connectivity index (χ0v) is 11.0. The summed E-state index contributed by atoms with van der Waals surface area (Å²) in [5, 5.41) is 11.6. The summed E-state index contributed by atoms with van der Waals surface area (Å²) in [5.41, 5.74) is 0.678. The number of aromatic nitrogens is 1. The number of carboxylic acids is 1. The van der Waals surface area contributed by atoms with E-state index in [4.69, 9.17) is 9.84 Å². The third-order valence-corrected chi connectivity index (χ3v) is 2.99. The number of aromatic carboxylic acids is 1. The number of carboxylic acid groups (broad SMARTS) is 1. The Balaban J connectivity index is 1.89. The highest BCUT2D eigenvalue weighted by molar-refractivity contribution is 5.87. The van der Waals surface area contributed by atoms with Crippen LogP contribution < -0.4 is 5.32 Å². The largest absolute Gasteiger partial charge is 0.478 e. The van der Waals surface area contributed by atoms with Gasteiger partial charge in [-0.2, -0.15) is 0 Å². The number of carbonyl (C=O) groups excluding carboxylic acids is 1. The van der Waals surface area contributed by atoms with Gasteiger partial charge in [0.15, 0.2) is 0 Å². The molecule has 1 fully saturated rings. The van der Waals surface area contributed by atoms with Crippen molar-refractivity contribution < 1.29 is 19.4 Å². The molecule has 1 aromatic heterocycles. The minimum atomic E-state index is -1.01. The molecule has 2 amide bonds. The van der Waals surface area contributed by atoms with Crippen molar-refractivity contribution in [2.45, 2.75) is 13.0 Å². The predicted octanol–water partition coefficient (Wildman–Crippen LogP) is 0.712. The Hall–Kier alpha value is -2.15. The van der Waals surface area contributed by atoms with E-state index in [2.05, 4.69) is 10.3 Å². The van der Waals surface area contributed by atoms with E-state index in [1.54, 1.807) is 4.90 Å². The molecule has 2 N–H and O–H groups in total. The van der Waals surface area contributed by atoms with Gasteiger partial charge in [0.25, 0.3) is 0 Å². The monoisotopic (exact) mass is 279 g/mol. The molecule has 108 valence electrons. The summed E-state index contributed by atoms with van der Waals surface area (Å²) in [7, 11) is 0. The highest BCUT2D eigenvalue weighted by Gasteiger charge is 2.15. The van der Waals surface area contributed by atoms with Gasteiger partial charge in [-0.15, -0.1) is 0 Å². The van der Waals surface area contributed by atoms with Gasteiger partial charge in [0.05, 0.1) is 24.4 Å². The van der Waals surface area contributed by atoms with Crippen LogP contribution in [0.15, 0.2) is 18.3 Å². The Labute approximate surface area is 116 Å². The molecule has 2 rings (SSSR count). The predicted molar refractivity (Wildman–Crippen MR) is 70.4 cm³/mol. The molecule has 0 aliphatic carbocycles. The smallest absolute Gasteiger partial charge is 0.335 e. The first-order chi connectivity index (χ1) is 9.66. The molecule has 1 aromatic rings. The van der Waals surface area contributed by atoms with Crippen LogP contribution in [0, 0.1) is 0 Å². The average molecular weight is 279 g/mol. The van der Waals surface area contributed by atoms with Crippen LogP contribution in [0.1, 0.15) is 22.5 Å². The molecule has 1 aliphatic rings. The number of rotatable bonds is 3. The van der Waals surface area contributed by atoms with Crippen LogP contribution in [0.3, 0.4) is 0 Å². The number of nitrogens with zero attached hydrogens (tertiary/aromatic N) is 2. The molecule has 1 aliphatic heterocycles. The maximum atomic E-state index is 12.0. The molecule has 0 radical (unpaired) electrons. The Morgan fingerprint density at radius 3 is 3.05 bits per heavy atom. The summed E-state index contributed by atoms with van der Waals surface area (Å²) in [4.78, 5) is 28.5. The van der Waals surface area contributed by atoms with Crippen LogP contribution >= 0.6 is 0 Å². The second kappa shape index (κ2) is 6.85. The zero-order chi connectivity index (χ0) is 14.4. The summed E-state index contributed by atoms with van der Waals surface area (Å²) in [5.74, 6) is -1.01. The molecule has 0 spiro atoms. The molecular weight excluding hydrogens is 262 g/mol. The molecule has 1 saturated heterocycles. The van der Waals surface area contributed by atoms with Crippen LogP contribution in [0.5, 0.6) is 0 Å². The third kappa shape index (κ3) is 3.92. The van der Waals surface area contributed by atoms with E-state index in [9.17, 15) is 9.59 Å². The Morgan fingerprint density at radius 2 is 2.25 bits per heavy atom. The Bertz CT molecular complexity index is 484. The van der Waals surface area contributed by atoms with Gasteiger partial charge in [0, 0.05) is 25.9 Å². The van der Waals surface area contributed by atoms with E-state index in [1.165, 1.54) is 18.3 Å². The number of urea groups is 1. The van der Waals surface area contributed by atoms with Crippen LogP contribution in [0.25, 0.3) is 0 Å². The molecule has 7 heteroatoms. The zero-order valence-electron chi connectivity index (χ0n) is 11.0. The first-order valence-electron chi connectivity index (χ1n) is 6.45. The fraction of sp³-hybridized carbons (Fsp3) is 0.462. The topological polar surface area (TPSA) is 91.8 Å². The van der Waals surface area contributed by atoms with Crippen molar-refractivity contribution in [1.29, 1.82) is 0 Å². The molecule has 0 bridgehead atoms. The van der Waals surface area contributed by atoms with Crippen molar-refractivity contribution in [2.24, 2.45) is 0 Å². The number of ether oxygens (including phenoxy) is 1. The molecule has 20 heavy (non-hydrogen) atoms. The van der Waals surface area contributed by atoms with Gasteiger partial charge >= 0.3 is 12.0 Å². The van der Waals surface area contributed by atoms with E-state index in [1.807, 2.05) is 0 Å². The van der Waals surface area contributed by atoms with Crippen LogP contribution in [-0.2, 0) is 11.3 Å². The maximum Gasteiger partial charge on any atom is 0.335 e. The number of hydrogen-bond donors (Lipinski definition) is 2. The van der Waals surface area contributed by atoms with E-state index in [0.717, 1.165) is 6.42 Å². The lowest BCUT2D eigenvalue weighted by Crippen LogP contribution is -2.41. The minimum Gasteiger partial charge on any atom is -0.478 e. The average Bonchev–Trinajstić information content (AvgIpc) is 2.74. The fourth-order valence-electron chi connectivity index (χ4n) is 1.94. The molecule has 2 heterocycles. The van der Waals surface area contributed by atoms with Gasteiger partial charge in [-0.05, 0) is 18.6 Å². The molecule has 0 unspecified atom stereocenters. The highest BCUT2D eigenvalue weighted by Crippen LogP contribution is 2.03. The van der Waals surface area contributed by atoms with Gasteiger partial charge in [-0.25, -0.2) is 9.59 Å². The van der Waals surface area contributed by atoms with E-state index in [-0.39, 0.29) is 18.1 Å². The lowest BCUT2D eigenvalue weighted by molar-refractivity contribution is 0.0696. The Kier molecular flexibility index (Phi) is 4.89. The summed E-state index contributed by atoms with van der Waals surface area (Å²) < 4.78 is 5.28. The van der Waals surface area contributed by atoms with E-state index < -0.39 is 5.97 Å². The molecular formula is C13H17N3O4. The lowest BCUT2D eigenvalue weighted by Gasteiger charge is -2.19. The van der Waals surface area contributed by atoms with Gasteiger partial charge in [-0.3, -0.25) is 4.98 Å². The quantitative estimate of drug-likeness (QED) is 0.850. The first-order valence-corrected chi connectivity index (χ1v) is 6.45. The SMILES string of the molecule is O=C(O)c1ccnc(CNC(=O)N2CCCOCC2)c1. The van der Waals surface area contributed by atoms with Crippen molar-refractivity contribution in [1.82, 2.24) is 15.2 Å². The molecule has 7 nitrogen and oxygen atoms in total. The van der Waals surface area contributed by atoms with Gasteiger partial charge in [0.2, 0.25) is 0 Å². The minimum absolute atomic E-state index is 0.160. The summed E-state index contributed by atoms with van der Waals surface area (Å²) in [6, 6.07) is 2.69. The second-order valence-corrected chi connectivity index (χ2v) is 4.45. The summed E-state index contributed by atoms with van der Waals surface area (Å²) >= 11 is 0. The van der Waals surface area contributed by atoms with E-state index >= 15 is 0 Å². The van der Waals surface area contributed by atoms with Crippen molar-refractivity contribution in [3.63, 3.8) is 0 Å². The molecule has 0 aromatic carbocycles. The van der Waals surface area contributed by atoms with Crippen molar-refractivity contribution in [2.75, 3.05) is 26.3 Å². The molecule has 0 atom stereocenters. The van der Waals surface area contributed by atoms with Gasteiger partial charge in [-0.1, -0.05) is 0 Å². The third-order valence-electron chi connectivity index (χ3n) is 2.99. The number of nitrogens with one attached hydrogen (secondary N) is 1. The van der Waals surface area contributed by atoms with Crippen LogP contribution in [0.2, 0.25) is 0 Å². The summed E-state index contributed by atoms with van der Waals surface area (Å²) in [6.07, 6.45) is 2.24. The standard InChI is InChI=1S/C13H17N3O4/c17-12(18)10-2-3-14-11(8-10)9-15-13(19)16-4-1-6-20-7-5-16/h2-3,8H,1,4-7,9H2,(H,15,19)(H,17,18). The number of hydrogen-bond acceptors (Lipinski definition) is 4.